The van der Waals surface area contributed by atoms with Gasteiger partial charge < -0.3 is 11.1 Å². The molecule has 0 atom stereocenters. The Balaban J connectivity index is 2.22. The van der Waals surface area contributed by atoms with Crippen LogP contribution in [0.2, 0.25) is 10.0 Å². The van der Waals surface area contributed by atoms with Gasteiger partial charge in [-0.1, -0.05) is 35.4 Å². The third-order valence-electron chi connectivity index (χ3n) is 2.56. The number of hydrogen-bond donors (Lipinski definition) is 2. The van der Waals surface area contributed by atoms with Crippen LogP contribution in [-0.4, -0.2) is 15.9 Å². The number of nitrogens with zero attached hydrogens (tertiary/aromatic N) is 1. The first-order valence-corrected chi connectivity index (χ1v) is 7.56. The number of pyridine rings is 1. The zero-order chi connectivity index (χ0) is 15.6. The molecule has 2 rings (SSSR count). The van der Waals surface area contributed by atoms with Crippen molar-refractivity contribution in [3.05, 3.63) is 56.2 Å². The van der Waals surface area contributed by atoms with Crippen molar-refractivity contribution in [1.29, 1.82) is 0 Å². The van der Waals surface area contributed by atoms with Gasteiger partial charge in [-0.2, -0.15) is 0 Å². The Morgan fingerprint density at radius 2 is 1.95 bits per heavy atom. The van der Waals surface area contributed by atoms with Crippen LogP contribution in [0, 0.1) is 0 Å². The third-order valence-corrected chi connectivity index (χ3v) is 4.57. The monoisotopic (exact) mass is 403 g/mol. The first-order chi connectivity index (χ1) is 9.90. The van der Waals surface area contributed by atoms with Crippen LogP contribution < -0.4 is 11.1 Å². The summed E-state index contributed by atoms with van der Waals surface area (Å²) in [6.45, 7) is 0. The van der Waals surface area contributed by atoms with Crippen LogP contribution in [0.15, 0.2) is 34.9 Å². The molecule has 0 saturated heterocycles. The fourth-order valence-corrected chi connectivity index (χ4v) is 2.42. The lowest BCUT2D eigenvalue weighted by molar-refractivity contribution is 0.102. The zero-order valence-corrected chi connectivity index (χ0v) is 14.3. The second-order valence-corrected chi connectivity index (χ2v) is 6.02. The van der Waals surface area contributed by atoms with E-state index in [4.69, 9.17) is 41.2 Å². The van der Waals surface area contributed by atoms with E-state index >= 15 is 0 Å². The molecule has 0 saturated carbocycles. The standard InChI is InChI=1S/C13H8BrCl2N3OS/c14-7-2-4-8(11(16)10(7)15)19-13(20)9-3-1-6(5-18-9)12(17)21/h1-5H,(H2,17,21)(H,19,20). The average Bonchev–Trinajstić information content (AvgIpc) is 2.48. The maximum absolute atomic E-state index is 12.1. The molecule has 3 N–H and O–H groups in total. The number of amides is 1. The summed E-state index contributed by atoms with van der Waals surface area (Å²) in [5.41, 5.74) is 6.67. The summed E-state index contributed by atoms with van der Waals surface area (Å²) in [7, 11) is 0. The Morgan fingerprint density at radius 1 is 1.24 bits per heavy atom. The van der Waals surface area contributed by atoms with E-state index in [-0.39, 0.29) is 15.7 Å². The van der Waals surface area contributed by atoms with Gasteiger partial charge in [0.25, 0.3) is 5.91 Å². The summed E-state index contributed by atoms with van der Waals surface area (Å²) < 4.78 is 0.645. The van der Waals surface area contributed by atoms with E-state index in [0.29, 0.717) is 20.7 Å². The summed E-state index contributed by atoms with van der Waals surface area (Å²) in [5, 5.41) is 3.21. The molecular weight excluding hydrogens is 397 g/mol. The van der Waals surface area contributed by atoms with E-state index in [2.05, 4.69) is 26.2 Å². The van der Waals surface area contributed by atoms with Gasteiger partial charge in [0.2, 0.25) is 0 Å². The molecule has 0 radical (unpaired) electrons. The minimum atomic E-state index is -0.412. The van der Waals surface area contributed by atoms with Crippen LogP contribution >= 0.6 is 51.3 Å². The molecule has 4 nitrogen and oxygen atoms in total. The molecule has 0 spiro atoms. The lowest BCUT2D eigenvalue weighted by Gasteiger charge is -2.09. The Bertz CT molecular complexity index is 722. The molecule has 0 aliphatic rings. The number of benzene rings is 1. The van der Waals surface area contributed by atoms with Crippen LogP contribution in [0.25, 0.3) is 0 Å². The van der Waals surface area contributed by atoms with Crippen LogP contribution in [0.1, 0.15) is 16.1 Å². The van der Waals surface area contributed by atoms with E-state index < -0.39 is 5.91 Å². The van der Waals surface area contributed by atoms with Gasteiger partial charge in [-0.05, 0) is 40.2 Å². The maximum atomic E-state index is 12.1. The second kappa shape index (κ2) is 6.70. The van der Waals surface area contributed by atoms with Crippen molar-refractivity contribution in [2.24, 2.45) is 5.73 Å². The topological polar surface area (TPSA) is 68.0 Å². The number of anilines is 1. The van der Waals surface area contributed by atoms with Gasteiger partial charge in [-0.25, -0.2) is 0 Å². The van der Waals surface area contributed by atoms with Crippen molar-refractivity contribution < 1.29 is 4.79 Å². The lowest BCUT2D eigenvalue weighted by Crippen LogP contribution is -2.15. The van der Waals surface area contributed by atoms with Crippen LogP contribution in [0.5, 0.6) is 0 Å². The number of rotatable bonds is 3. The molecular formula is C13H8BrCl2N3OS. The van der Waals surface area contributed by atoms with E-state index in [0.717, 1.165) is 0 Å². The van der Waals surface area contributed by atoms with Crippen molar-refractivity contribution in [3.63, 3.8) is 0 Å². The van der Waals surface area contributed by atoms with Gasteiger partial charge in [0, 0.05) is 16.2 Å². The Hall–Kier alpha value is -1.21. The van der Waals surface area contributed by atoms with Crippen molar-refractivity contribution in [3.8, 4) is 0 Å². The number of halogens is 3. The minimum absolute atomic E-state index is 0.213. The van der Waals surface area contributed by atoms with E-state index in [1.807, 2.05) is 0 Å². The Morgan fingerprint density at radius 3 is 2.52 bits per heavy atom. The summed E-state index contributed by atoms with van der Waals surface area (Å²) in [5.74, 6) is -0.412. The molecule has 8 heteroatoms. The van der Waals surface area contributed by atoms with Crippen molar-refractivity contribution in [2.75, 3.05) is 5.32 Å². The maximum Gasteiger partial charge on any atom is 0.274 e. The fourth-order valence-electron chi connectivity index (χ4n) is 1.48. The van der Waals surface area contributed by atoms with E-state index in [9.17, 15) is 4.79 Å². The highest BCUT2D eigenvalue weighted by molar-refractivity contribution is 9.10. The molecule has 0 unspecified atom stereocenters. The van der Waals surface area contributed by atoms with Crippen molar-refractivity contribution in [1.82, 2.24) is 4.98 Å². The highest BCUT2D eigenvalue weighted by atomic mass is 79.9. The van der Waals surface area contributed by atoms with Gasteiger partial charge in [0.05, 0.1) is 15.7 Å². The highest BCUT2D eigenvalue weighted by Crippen LogP contribution is 2.35. The number of aromatic nitrogens is 1. The minimum Gasteiger partial charge on any atom is -0.389 e. The molecule has 0 aliphatic carbocycles. The molecule has 1 aromatic heterocycles. The Kier molecular flexibility index (Phi) is 5.16. The molecule has 108 valence electrons. The number of carbonyl (C=O) groups is 1. The normalized spacial score (nSPS) is 10.2. The Labute approximate surface area is 144 Å². The molecule has 0 bridgehead atoms. The summed E-state index contributed by atoms with van der Waals surface area (Å²) in [6.07, 6.45) is 1.44. The first-order valence-electron chi connectivity index (χ1n) is 5.61. The van der Waals surface area contributed by atoms with Crippen molar-refractivity contribution in [2.45, 2.75) is 0 Å². The number of thiocarbonyl (C=S) groups is 1. The zero-order valence-electron chi connectivity index (χ0n) is 10.4. The SMILES string of the molecule is NC(=S)c1ccc(C(=O)Nc2ccc(Br)c(Cl)c2Cl)nc1. The highest BCUT2D eigenvalue weighted by Gasteiger charge is 2.13. The van der Waals surface area contributed by atoms with E-state index in [1.54, 1.807) is 18.2 Å². The molecule has 2 aromatic rings. The molecule has 1 amide bonds. The quantitative estimate of drug-likeness (QED) is 0.598. The number of carbonyl (C=O) groups excluding carboxylic acids is 1. The van der Waals surface area contributed by atoms with Gasteiger partial charge in [-0.3, -0.25) is 9.78 Å². The number of nitrogens with one attached hydrogen (secondary N) is 1. The predicted molar refractivity (Wildman–Crippen MR) is 92.2 cm³/mol. The average molecular weight is 405 g/mol. The second-order valence-electron chi connectivity index (χ2n) is 3.97. The van der Waals surface area contributed by atoms with Gasteiger partial charge in [-0.15, -0.1) is 0 Å². The summed E-state index contributed by atoms with van der Waals surface area (Å²) in [4.78, 5) is 16.3. The molecule has 0 fully saturated rings. The summed E-state index contributed by atoms with van der Waals surface area (Å²) in [6, 6.07) is 6.48. The number of nitrogens with two attached hydrogens (primary N) is 1. The van der Waals surface area contributed by atoms with Gasteiger partial charge >= 0.3 is 0 Å². The predicted octanol–water partition coefficient (Wildman–Crippen LogP) is 4.04. The number of hydrogen-bond acceptors (Lipinski definition) is 3. The van der Waals surface area contributed by atoms with Crippen LogP contribution in [-0.2, 0) is 0 Å². The molecule has 0 aliphatic heterocycles. The van der Waals surface area contributed by atoms with Crippen LogP contribution in [0.4, 0.5) is 5.69 Å². The summed E-state index contributed by atoms with van der Waals surface area (Å²) >= 11 is 20.1. The van der Waals surface area contributed by atoms with E-state index in [1.165, 1.54) is 12.3 Å². The molecule has 1 heterocycles. The van der Waals surface area contributed by atoms with Crippen LogP contribution in [0.3, 0.4) is 0 Å². The smallest absolute Gasteiger partial charge is 0.274 e. The molecule has 21 heavy (non-hydrogen) atoms. The van der Waals surface area contributed by atoms with Gasteiger partial charge in [0.1, 0.15) is 10.7 Å². The lowest BCUT2D eigenvalue weighted by atomic mass is 10.2. The largest absolute Gasteiger partial charge is 0.389 e. The van der Waals surface area contributed by atoms with Gasteiger partial charge in [0.15, 0.2) is 0 Å². The fraction of sp³-hybridized carbons (Fsp3) is 0. The van der Waals surface area contributed by atoms with Crippen molar-refractivity contribution >= 4 is 67.9 Å². The molecule has 1 aromatic carbocycles. The first kappa shape index (κ1) is 16.2. The third kappa shape index (κ3) is 3.71.